The Morgan fingerprint density at radius 1 is 1.25 bits per heavy atom. The Labute approximate surface area is 141 Å². The molecule has 1 aromatic carbocycles. The van der Waals surface area contributed by atoms with E-state index in [1.165, 1.54) is 11.8 Å². The highest BCUT2D eigenvalue weighted by molar-refractivity contribution is 5.89. The van der Waals surface area contributed by atoms with Gasteiger partial charge in [-0.25, -0.2) is 9.48 Å². The Kier molecular flexibility index (Phi) is 5.10. The van der Waals surface area contributed by atoms with Gasteiger partial charge in [0.1, 0.15) is 5.75 Å². The number of hydrogen-bond acceptors (Lipinski definition) is 6. The van der Waals surface area contributed by atoms with E-state index < -0.39 is 18.3 Å². The van der Waals surface area contributed by atoms with Gasteiger partial charge in [0.15, 0.2) is 5.69 Å². The zero-order chi connectivity index (χ0) is 18.6. The average molecular weight is 333 g/mol. The van der Waals surface area contributed by atoms with Crippen molar-refractivity contribution in [3.05, 3.63) is 41.2 Å². The summed E-state index contributed by atoms with van der Waals surface area (Å²) in [4.78, 5) is 24.0. The van der Waals surface area contributed by atoms with E-state index in [0.29, 0.717) is 17.0 Å². The van der Waals surface area contributed by atoms with Crippen LogP contribution in [0.1, 0.15) is 30.0 Å². The van der Waals surface area contributed by atoms with Crippen molar-refractivity contribution >= 4 is 11.9 Å². The van der Waals surface area contributed by atoms with Crippen LogP contribution in [0.5, 0.6) is 5.75 Å². The minimum Gasteiger partial charge on any atom is -0.497 e. The molecule has 0 spiro atoms. The second-order valence-corrected chi connectivity index (χ2v) is 4.86. The second kappa shape index (κ2) is 7.63. The molecule has 0 aliphatic rings. The van der Waals surface area contributed by atoms with E-state index in [9.17, 15) is 9.59 Å². The lowest BCUT2D eigenvalue weighted by Crippen LogP contribution is -2.11. The molecular formula is C17H20N2O5. The van der Waals surface area contributed by atoms with Crippen LogP contribution in [-0.4, -0.2) is 42.5 Å². The van der Waals surface area contributed by atoms with Crippen LogP contribution in [0.4, 0.5) is 0 Å². The van der Waals surface area contributed by atoms with Crippen molar-refractivity contribution in [2.75, 3.05) is 20.8 Å². The molecule has 1 heterocycles. The molecule has 1 aromatic heterocycles. The lowest BCUT2D eigenvalue weighted by molar-refractivity contribution is -0.139. The number of methoxy groups -OCH3 is 2. The molecule has 0 aliphatic carbocycles. The molecule has 0 bridgehead atoms. The first kappa shape index (κ1) is 16.0. The van der Waals surface area contributed by atoms with Gasteiger partial charge in [0.2, 0.25) is 0 Å². The number of carbonyl (C=O) groups excluding carboxylic acids is 2. The Balaban J connectivity index is 2.60. The maximum atomic E-state index is 12.1. The maximum absolute atomic E-state index is 12.1. The number of nitrogens with zero attached hydrogens (tertiary/aromatic N) is 2. The Bertz CT molecular complexity index is 770. The largest absolute Gasteiger partial charge is 0.497 e. The van der Waals surface area contributed by atoms with Crippen molar-refractivity contribution < 1.29 is 25.2 Å². The van der Waals surface area contributed by atoms with Gasteiger partial charge in [-0.15, -0.1) is 0 Å². The summed E-state index contributed by atoms with van der Waals surface area (Å²) in [5, 5.41) is 4.27. The molecule has 2 aromatic rings. The molecule has 0 N–H and O–H groups in total. The highest BCUT2D eigenvalue weighted by atomic mass is 16.5. The first-order chi connectivity index (χ1) is 11.9. The maximum Gasteiger partial charge on any atom is 0.359 e. The van der Waals surface area contributed by atoms with E-state index >= 15 is 0 Å². The van der Waals surface area contributed by atoms with Gasteiger partial charge in [0.05, 0.1) is 38.6 Å². The molecule has 0 aliphatic heterocycles. The fourth-order valence-electron chi connectivity index (χ4n) is 2.16. The first-order valence-electron chi connectivity index (χ1n) is 7.93. The van der Waals surface area contributed by atoms with Crippen molar-refractivity contribution in [2.45, 2.75) is 20.2 Å². The molecule has 0 radical (unpaired) electrons. The predicted molar refractivity (Wildman–Crippen MR) is 86.5 cm³/mol. The van der Waals surface area contributed by atoms with Gasteiger partial charge in [0, 0.05) is 6.93 Å². The van der Waals surface area contributed by atoms with E-state index in [1.807, 2.05) is 0 Å². The summed E-state index contributed by atoms with van der Waals surface area (Å²) < 4.78 is 24.3. The van der Waals surface area contributed by atoms with Gasteiger partial charge < -0.3 is 14.2 Å². The van der Waals surface area contributed by atoms with Crippen molar-refractivity contribution in [3.8, 4) is 11.4 Å². The van der Waals surface area contributed by atoms with Crippen molar-refractivity contribution in [2.24, 2.45) is 0 Å². The third kappa shape index (κ3) is 3.56. The SMILES string of the molecule is [2H]C(C(=O)OC)c1c(C)c(C(=O)OCC)nn1-c1ccc(OC)cc1. The third-order valence-electron chi connectivity index (χ3n) is 3.41. The zero-order valence-electron chi connectivity index (χ0n) is 15.0. The average Bonchev–Trinajstić information content (AvgIpc) is 2.98. The van der Waals surface area contributed by atoms with E-state index in [1.54, 1.807) is 45.2 Å². The molecule has 1 atom stereocenters. The molecule has 0 saturated carbocycles. The van der Waals surface area contributed by atoms with Crippen LogP contribution in [0.2, 0.25) is 0 Å². The number of rotatable bonds is 6. The second-order valence-electron chi connectivity index (χ2n) is 4.86. The number of carbonyl (C=O) groups is 2. The molecular weight excluding hydrogens is 312 g/mol. The van der Waals surface area contributed by atoms with Crippen LogP contribution in [0.25, 0.3) is 5.69 Å². The third-order valence-corrected chi connectivity index (χ3v) is 3.41. The Morgan fingerprint density at radius 2 is 1.92 bits per heavy atom. The summed E-state index contributed by atoms with van der Waals surface area (Å²) in [6.45, 7) is 3.51. The summed E-state index contributed by atoms with van der Waals surface area (Å²) in [6, 6.07) is 6.87. The minimum atomic E-state index is -1.34. The molecule has 7 nitrogen and oxygen atoms in total. The first-order valence-corrected chi connectivity index (χ1v) is 7.35. The van der Waals surface area contributed by atoms with E-state index in [0.717, 1.165) is 0 Å². The van der Waals surface area contributed by atoms with Crippen molar-refractivity contribution in [3.63, 3.8) is 0 Å². The Hall–Kier alpha value is -2.83. The van der Waals surface area contributed by atoms with Crippen LogP contribution in [0, 0.1) is 6.92 Å². The smallest absolute Gasteiger partial charge is 0.359 e. The standard InChI is InChI=1S/C17H20N2O5/c1-5-24-17(21)16-11(2)14(10-15(20)23-4)19(18-16)12-6-8-13(22-3)9-7-12/h6-9H,5,10H2,1-4H3/i10D. The van der Waals surface area contributed by atoms with Crippen molar-refractivity contribution in [1.29, 1.82) is 0 Å². The van der Waals surface area contributed by atoms with Gasteiger partial charge in [-0.3, -0.25) is 4.79 Å². The van der Waals surface area contributed by atoms with Gasteiger partial charge in [-0.2, -0.15) is 5.10 Å². The summed E-state index contributed by atoms with van der Waals surface area (Å²) in [7, 11) is 2.76. The van der Waals surface area contributed by atoms with Crippen LogP contribution in [0.15, 0.2) is 24.3 Å². The minimum absolute atomic E-state index is 0.0637. The molecule has 0 amide bonds. The van der Waals surface area contributed by atoms with Gasteiger partial charge in [-0.1, -0.05) is 0 Å². The molecule has 0 fully saturated rings. The van der Waals surface area contributed by atoms with Crippen LogP contribution >= 0.6 is 0 Å². The topological polar surface area (TPSA) is 79.7 Å². The lowest BCUT2D eigenvalue weighted by Gasteiger charge is -2.08. The number of benzene rings is 1. The van der Waals surface area contributed by atoms with E-state index in [2.05, 4.69) is 9.84 Å². The Morgan fingerprint density at radius 3 is 2.46 bits per heavy atom. The van der Waals surface area contributed by atoms with E-state index in [4.69, 9.17) is 10.8 Å². The van der Waals surface area contributed by atoms with Gasteiger partial charge in [-0.05, 0) is 38.1 Å². The fraction of sp³-hybridized carbons (Fsp3) is 0.353. The van der Waals surface area contributed by atoms with Gasteiger partial charge >= 0.3 is 11.9 Å². The predicted octanol–water partition coefficient (Wildman–Crippen LogP) is 2.08. The summed E-state index contributed by atoms with van der Waals surface area (Å²) in [6.07, 6.45) is -1.34. The molecule has 24 heavy (non-hydrogen) atoms. The zero-order valence-corrected chi connectivity index (χ0v) is 14.0. The van der Waals surface area contributed by atoms with Crippen LogP contribution < -0.4 is 4.74 Å². The monoisotopic (exact) mass is 333 g/mol. The van der Waals surface area contributed by atoms with Crippen molar-refractivity contribution in [1.82, 2.24) is 9.78 Å². The fourth-order valence-corrected chi connectivity index (χ4v) is 2.16. The van der Waals surface area contributed by atoms with E-state index in [-0.39, 0.29) is 18.0 Å². The normalized spacial score (nSPS) is 12.2. The molecule has 7 heteroatoms. The van der Waals surface area contributed by atoms with Crippen LogP contribution in [0.3, 0.4) is 0 Å². The number of ether oxygens (including phenoxy) is 3. The van der Waals surface area contributed by atoms with Crippen LogP contribution in [-0.2, 0) is 20.7 Å². The molecule has 2 rings (SSSR count). The number of esters is 2. The lowest BCUT2D eigenvalue weighted by atomic mass is 10.1. The molecule has 0 saturated heterocycles. The highest BCUT2D eigenvalue weighted by Gasteiger charge is 2.23. The molecule has 1 unspecified atom stereocenters. The summed E-state index contributed by atoms with van der Waals surface area (Å²) >= 11 is 0. The van der Waals surface area contributed by atoms with Gasteiger partial charge in [0.25, 0.3) is 0 Å². The highest BCUT2D eigenvalue weighted by Crippen LogP contribution is 2.22. The number of hydrogen-bond donors (Lipinski definition) is 0. The summed E-state index contributed by atoms with van der Waals surface area (Å²) in [5.74, 6) is -0.700. The molecule has 128 valence electrons. The quantitative estimate of drug-likeness (QED) is 0.753. The summed E-state index contributed by atoms with van der Waals surface area (Å²) in [5.41, 5.74) is 1.30. The number of aromatic nitrogens is 2.